The lowest BCUT2D eigenvalue weighted by Gasteiger charge is -2.38. The molecule has 0 saturated heterocycles. The second-order valence-corrected chi connectivity index (χ2v) is 11.6. The molecule has 3 unspecified atom stereocenters. The number of alkyl halides is 3. The highest BCUT2D eigenvalue weighted by Gasteiger charge is 2.47. The SMILES string of the molecule is C=CCOC(=O)[C@H]1CCC2C(CC[C@@H]2NC(=O)c2cc(C(=O)NCc3ccc(F)c(Cl)c3)n3nc(C(F)(F)F)cc3n2)C1C. The molecule has 14 heteroatoms. The molecule has 2 fully saturated rings. The van der Waals surface area contributed by atoms with Crippen LogP contribution in [0.5, 0.6) is 0 Å². The molecule has 2 aromatic heterocycles. The first-order chi connectivity index (χ1) is 20.9. The van der Waals surface area contributed by atoms with Crippen LogP contribution < -0.4 is 10.6 Å². The van der Waals surface area contributed by atoms with Gasteiger partial charge in [-0.15, -0.1) is 0 Å². The highest BCUT2D eigenvalue weighted by Crippen LogP contribution is 2.48. The van der Waals surface area contributed by atoms with Crippen molar-refractivity contribution in [2.45, 2.75) is 51.4 Å². The maximum atomic E-state index is 13.5. The van der Waals surface area contributed by atoms with Crippen LogP contribution in [0.1, 0.15) is 64.8 Å². The molecule has 1 aromatic carbocycles. The number of hydrogen-bond acceptors (Lipinski definition) is 6. The Labute approximate surface area is 255 Å². The van der Waals surface area contributed by atoms with E-state index in [4.69, 9.17) is 16.3 Å². The van der Waals surface area contributed by atoms with Gasteiger partial charge in [-0.2, -0.15) is 18.3 Å². The molecule has 5 atom stereocenters. The zero-order valence-electron chi connectivity index (χ0n) is 23.7. The van der Waals surface area contributed by atoms with E-state index in [0.29, 0.717) is 30.9 Å². The van der Waals surface area contributed by atoms with Crippen LogP contribution in [0.25, 0.3) is 5.65 Å². The van der Waals surface area contributed by atoms with Gasteiger partial charge in [-0.25, -0.2) is 13.9 Å². The number of hydrogen-bond donors (Lipinski definition) is 2. The van der Waals surface area contributed by atoms with Crippen molar-refractivity contribution < 1.29 is 36.7 Å². The first kappa shape index (κ1) is 31.4. The van der Waals surface area contributed by atoms with E-state index in [1.165, 1.54) is 18.2 Å². The molecule has 2 amide bonds. The van der Waals surface area contributed by atoms with E-state index in [0.717, 1.165) is 23.1 Å². The zero-order chi connectivity index (χ0) is 31.8. The fourth-order valence-electron chi connectivity index (χ4n) is 6.42. The number of aromatic nitrogens is 3. The van der Waals surface area contributed by atoms with E-state index in [9.17, 15) is 31.9 Å². The number of benzene rings is 1. The number of ether oxygens (including phenoxy) is 1. The summed E-state index contributed by atoms with van der Waals surface area (Å²) in [5, 5.41) is 8.87. The van der Waals surface area contributed by atoms with Crippen LogP contribution in [0, 0.1) is 29.5 Å². The molecule has 2 aliphatic carbocycles. The van der Waals surface area contributed by atoms with E-state index < -0.39 is 29.5 Å². The van der Waals surface area contributed by atoms with Crippen molar-refractivity contribution in [2.75, 3.05) is 6.61 Å². The van der Waals surface area contributed by atoms with Gasteiger partial charge in [0.1, 0.15) is 23.8 Å². The normalized spacial score (nSPS) is 23.2. The van der Waals surface area contributed by atoms with Crippen molar-refractivity contribution >= 4 is 35.0 Å². The Morgan fingerprint density at radius 2 is 1.86 bits per heavy atom. The third-order valence-corrected chi connectivity index (χ3v) is 8.87. The minimum Gasteiger partial charge on any atom is -0.461 e. The quantitative estimate of drug-likeness (QED) is 0.195. The summed E-state index contributed by atoms with van der Waals surface area (Å²) < 4.78 is 60.0. The Morgan fingerprint density at radius 3 is 2.57 bits per heavy atom. The van der Waals surface area contributed by atoms with Gasteiger partial charge in [-0.05, 0) is 61.1 Å². The molecule has 2 aliphatic rings. The highest BCUT2D eigenvalue weighted by atomic mass is 35.5. The molecule has 0 radical (unpaired) electrons. The summed E-state index contributed by atoms with van der Waals surface area (Å²) in [4.78, 5) is 43.2. The lowest BCUT2D eigenvalue weighted by molar-refractivity contribution is -0.152. The van der Waals surface area contributed by atoms with Gasteiger partial charge in [0.05, 0.1) is 10.9 Å². The van der Waals surface area contributed by atoms with Gasteiger partial charge in [0.2, 0.25) is 0 Å². The number of nitrogens with zero attached hydrogens (tertiary/aromatic N) is 3. The standard InChI is InChI=1S/C30H30ClF4N5O4/c1-3-10-44-29(43)18-5-6-19-17(15(18)2)7-9-22(19)38-27(41)23-12-24(40-26(37-23)13-25(39-40)30(33,34)35)28(42)36-14-16-4-8-21(32)20(31)11-16/h3-4,8,11-13,15,17-19,22H,1,5-7,9-10,14H2,2H3,(H,36,42)(H,38,41)/t15?,17?,18-,19?,22-/m0/s1. The average Bonchev–Trinajstić information content (AvgIpc) is 3.61. The fourth-order valence-corrected chi connectivity index (χ4v) is 6.62. The van der Waals surface area contributed by atoms with E-state index in [1.807, 2.05) is 6.92 Å². The predicted octanol–water partition coefficient (Wildman–Crippen LogP) is 5.37. The number of nitrogens with one attached hydrogen (secondary N) is 2. The largest absolute Gasteiger partial charge is 0.461 e. The van der Waals surface area contributed by atoms with Gasteiger partial charge in [0.15, 0.2) is 11.3 Å². The molecule has 44 heavy (non-hydrogen) atoms. The molecule has 2 heterocycles. The molecule has 2 N–H and O–H groups in total. The van der Waals surface area contributed by atoms with E-state index in [2.05, 4.69) is 27.3 Å². The molecule has 0 aliphatic heterocycles. The average molecular weight is 636 g/mol. The summed E-state index contributed by atoms with van der Waals surface area (Å²) in [7, 11) is 0. The summed E-state index contributed by atoms with van der Waals surface area (Å²) >= 11 is 5.80. The molecule has 5 rings (SSSR count). The first-order valence-corrected chi connectivity index (χ1v) is 14.5. The minimum atomic E-state index is -4.82. The second kappa shape index (κ2) is 12.5. The summed E-state index contributed by atoms with van der Waals surface area (Å²) in [5.41, 5.74) is -1.77. The van der Waals surface area contributed by atoms with Gasteiger partial charge in [0, 0.05) is 24.7 Å². The Kier molecular flexibility index (Phi) is 8.96. The van der Waals surface area contributed by atoms with E-state index >= 15 is 0 Å². The van der Waals surface area contributed by atoms with Gasteiger partial charge >= 0.3 is 12.1 Å². The van der Waals surface area contributed by atoms with Gasteiger partial charge in [-0.3, -0.25) is 14.4 Å². The Bertz CT molecular complexity index is 1610. The van der Waals surface area contributed by atoms with Crippen molar-refractivity contribution in [1.29, 1.82) is 0 Å². The summed E-state index contributed by atoms with van der Waals surface area (Å²) in [5.74, 6) is -2.31. The monoisotopic (exact) mass is 635 g/mol. The summed E-state index contributed by atoms with van der Waals surface area (Å²) in [6, 6.07) is 5.33. The van der Waals surface area contributed by atoms with Crippen LogP contribution in [0.2, 0.25) is 5.02 Å². The molecule has 0 bridgehead atoms. The lowest BCUT2D eigenvalue weighted by atomic mass is 9.68. The van der Waals surface area contributed by atoms with Crippen LogP contribution in [0.4, 0.5) is 17.6 Å². The number of carbonyl (C=O) groups is 3. The van der Waals surface area contributed by atoms with Gasteiger partial charge in [0.25, 0.3) is 11.8 Å². The number of amides is 2. The third-order valence-electron chi connectivity index (χ3n) is 8.58. The van der Waals surface area contributed by atoms with Gasteiger partial charge < -0.3 is 15.4 Å². The van der Waals surface area contributed by atoms with Crippen molar-refractivity contribution in [1.82, 2.24) is 25.2 Å². The van der Waals surface area contributed by atoms with Gasteiger partial charge in [-0.1, -0.05) is 37.2 Å². The van der Waals surface area contributed by atoms with Crippen LogP contribution in [-0.2, 0) is 22.3 Å². The topological polar surface area (TPSA) is 115 Å². The van der Waals surface area contributed by atoms with Crippen molar-refractivity contribution in [3.05, 3.63) is 76.5 Å². The molecule has 9 nitrogen and oxygen atoms in total. The van der Waals surface area contributed by atoms with Crippen LogP contribution in [0.3, 0.4) is 0 Å². The van der Waals surface area contributed by atoms with Crippen LogP contribution >= 0.6 is 11.6 Å². The minimum absolute atomic E-state index is 0.0429. The van der Waals surface area contributed by atoms with Crippen molar-refractivity contribution in [3.8, 4) is 0 Å². The summed E-state index contributed by atoms with van der Waals surface area (Å²) in [6.45, 7) is 5.61. The smallest absolute Gasteiger partial charge is 0.435 e. The molecule has 3 aromatic rings. The Hall–Kier alpha value is -4.00. The third kappa shape index (κ3) is 6.42. The second-order valence-electron chi connectivity index (χ2n) is 11.2. The lowest BCUT2D eigenvalue weighted by Crippen LogP contribution is -2.44. The predicted molar refractivity (Wildman–Crippen MR) is 151 cm³/mol. The molecular formula is C30H30ClF4N5O4. The maximum Gasteiger partial charge on any atom is 0.435 e. The number of halogens is 5. The molecule has 234 valence electrons. The van der Waals surface area contributed by atoms with E-state index in [1.54, 1.807) is 0 Å². The number of esters is 1. The highest BCUT2D eigenvalue weighted by molar-refractivity contribution is 6.30. The summed E-state index contributed by atoms with van der Waals surface area (Å²) in [6.07, 6.45) is -0.562. The van der Waals surface area contributed by atoms with E-state index in [-0.39, 0.29) is 70.9 Å². The number of rotatable bonds is 8. The zero-order valence-corrected chi connectivity index (χ0v) is 24.4. The maximum absolute atomic E-state index is 13.5. The van der Waals surface area contributed by atoms with Crippen LogP contribution in [0.15, 0.2) is 43.0 Å². The Balaban J connectivity index is 1.36. The van der Waals surface area contributed by atoms with Crippen molar-refractivity contribution in [2.24, 2.45) is 23.7 Å². The molecular weight excluding hydrogens is 606 g/mol. The Morgan fingerprint density at radius 1 is 1.11 bits per heavy atom. The van der Waals surface area contributed by atoms with Crippen LogP contribution in [-0.4, -0.2) is 45.0 Å². The first-order valence-electron chi connectivity index (χ1n) is 14.2. The number of carbonyl (C=O) groups excluding carboxylic acids is 3. The number of fused-ring (bicyclic) bond motifs is 2. The molecule has 0 spiro atoms. The molecule has 2 saturated carbocycles. The fraction of sp³-hybridized carbons (Fsp3) is 0.433. The van der Waals surface area contributed by atoms with Crippen molar-refractivity contribution in [3.63, 3.8) is 0 Å².